The summed E-state index contributed by atoms with van der Waals surface area (Å²) in [7, 11) is 0. The van der Waals surface area contributed by atoms with Gasteiger partial charge in [0.15, 0.2) is 0 Å². The molecule has 0 aliphatic carbocycles. The largest absolute Gasteiger partial charge is 0.352 e. The van der Waals surface area contributed by atoms with Crippen molar-refractivity contribution < 1.29 is 9.59 Å². The van der Waals surface area contributed by atoms with E-state index >= 15 is 0 Å². The minimum Gasteiger partial charge on any atom is -0.352 e. The molecule has 3 aromatic carbocycles. The number of aryl methyl sites for hydroxylation is 1. The van der Waals surface area contributed by atoms with Crippen LogP contribution in [0.15, 0.2) is 83.3 Å². The van der Waals surface area contributed by atoms with Crippen LogP contribution in [0.2, 0.25) is 0 Å². The molecular weight excluding hydrogens is 488 g/mol. The van der Waals surface area contributed by atoms with Crippen LogP contribution in [-0.4, -0.2) is 28.8 Å². The van der Waals surface area contributed by atoms with Gasteiger partial charge in [0.2, 0.25) is 11.8 Å². The van der Waals surface area contributed by atoms with Gasteiger partial charge in [-0.25, -0.2) is 0 Å². The van der Waals surface area contributed by atoms with E-state index in [0.717, 1.165) is 33.1 Å². The second-order valence-electron chi connectivity index (χ2n) is 8.78. The Hall–Kier alpha value is -2.92. The first-order chi connectivity index (χ1) is 16.4. The Bertz CT molecular complexity index is 1100. The summed E-state index contributed by atoms with van der Waals surface area (Å²) < 4.78 is 0.944. The van der Waals surface area contributed by atoms with Gasteiger partial charge in [0.05, 0.1) is 6.42 Å². The van der Waals surface area contributed by atoms with Crippen molar-refractivity contribution in [2.45, 2.75) is 58.7 Å². The Morgan fingerprint density at radius 2 is 1.62 bits per heavy atom. The number of benzene rings is 3. The van der Waals surface area contributed by atoms with Crippen LogP contribution in [0.1, 0.15) is 42.5 Å². The average molecular weight is 521 g/mol. The van der Waals surface area contributed by atoms with Crippen molar-refractivity contribution in [2.75, 3.05) is 0 Å². The molecule has 3 aromatic rings. The minimum absolute atomic E-state index is 0.0324. The van der Waals surface area contributed by atoms with Crippen molar-refractivity contribution in [1.82, 2.24) is 10.2 Å². The molecule has 5 heteroatoms. The van der Waals surface area contributed by atoms with E-state index in [9.17, 15) is 9.59 Å². The van der Waals surface area contributed by atoms with Crippen LogP contribution in [-0.2, 0) is 29.0 Å². The Kier molecular flexibility index (Phi) is 9.46. The highest BCUT2D eigenvalue weighted by atomic mass is 79.9. The first kappa shape index (κ1) is 25.7. The quantitative estimate of drug-likeness (QED) is 0.364. The first-order valence-electron chi connectivity index (χ1n) is 11.8. The average Bonchev–Trinajstić information content (AvgIpc) is 2.83. The minimum atomic E-state index is -0.619. The molecule has 1 N–H and O–H groups in total. The lowest BCUT2D eigenvalue weighted by Gasteiger charge is -2.32. The Morgan fingerprint density at radius 1 is 0.941 bits per heavy atom. The van der Waals surface area contributed by atoms with Gasteiger partial charge in [-0.1, -0.05) is 89.6 Å². The molecule has 0 heterocycles. The van der Waals surface area contributed by atoms with Gasteiger partial charge < -0.3 is 10.2 Å². The van der Waals surface area contributed by atoms with Crippen LogP contribution in [0.5, 0.6) is 0 Å². The fourth-order valence-corrected chi connectivity index (χ4v) is 4.35. The predicted molar refractivity (Wildman–Crippen MR) is 141 cm³/mol. The fraction of sp³-hybridized carbons (Fsp3) is 0.310. The molecule has 0 spiro atoms. The summed E-state index contributed by atoms with van der Waals surface area (Å²) >= 11 is 3.53. The van der Waals surface area contributed by atoms with Crippen molar-refractivity contribution in [3.05, 3.63) is 106 Å². The van der Waals surface area contributed by atoms with Crippen molar-refractivity contribution >= 4 is 27.7 Å². The van der Waals surface area contributed by atoms with E-state index in [-0.39, 0.29) is 24.3 Å². The molecule has 0 bridgehead atoms. The predicted octanol–water partition coefficient (Wildman–Crippen LogP) is 5.85. The summed E-state index contributed by atoms with van der Waals surface area (Å²) in [5, 5.41) is 3.12. The van der Waals surface area contributed by atoms with Gasteiger partial charge in [0.1, 0.15) is 6.04 Å². The summed E-state index contributed by atoms with van der Waals surface area (Å²) in [6, 6.07) is 25.1. The highest BCUT2D eigenvalue weighted by Crippen LogP contribution is 2.20. The monoisotopic (exact) mass is 520 g/mol. The number of halogens is 1. The van der Waals surface area contributed by atoms with Crippen molar-refractivity contribution in [1.29, 1.82) is 0 Å². The Labute approximate surface area is 211 Å². The first-order valence-corrected chi connectivity index (χ1v) is 12.6. The molecule has 4 nitrogen and oxygen atoms in total. The zero-order valence-corrected chi connectivity index (χ0v) is 21.7. The normalized spacial score (nSPS) is 12.6. The molecule has 0 aromatic heterocycles. The summed E-state index contributed by atoms with van der Waals surface area (Å²) in [5.74, 6) is -0.180. The van der Waals surface area contributed by atoms with Gasteiger partial charge in [0.25, 0.3) is 0 Å². The molecular formula is C29H33BrN2O2. The van der Waals surface area contributed by atoms with Gasteiger partial charge in [-0.2, -0.15) is 0 Å². The number of amides is 2. The molecule has 3 rings (SSSR count). The number of hydrogen-bond donors (Lipinski definition) is 1. The van der Waals surface area contributed by atoms with E-state index in [4.69, 9.17) is 0 Å². The van der Waals surface area contributed by atoms with Gasteiger partial charge in [0, 0.05) is 23.5 Å². The summed E-state index contributed by atoms with van der Waals surface area (Å²) in [6.45, 7) is 6.40. The molecule has 2 atom stereocenters. The van der Waals surface area contributed by atoms with Gasteiger partial charge in [-0.3, -0.25) is 9.59 Å². The van der Waals surface area contributed by atoms with Crippen LogP contribution < -0.4 is 5.32 Å². The summed E-state index contributed by atoms with van der Waals surface area (Å²) in [6.07, 6.45) is 1.53. The van der Waals surface area contributed by atoms with E-state index < -0.39 is 6.04 Å². The second-order valence-corrected chi connectivity index (χ2v) is 9.69. The van der Waals surface area contributed by atoms with Crippen molar-refractivity contribution in [3.8, 4) is 0 Å². The maximum atomic E-state index is 13.8. The number of nitrogens with one attached hydrogen (secondary N) is 1. The van der Waals surface area contributed by atoms with Gasteiger partial charge in [-0.05, 0) is 54.7 Å². The molecule has 0 fully saturated rings. The number of nitrogens with zero attached hydrogens (tertiary/aromatic N) is 1. The number of carbonyl (C=O) groups is 2. The Balaban J connectivity index is 1.98. The third-order valence-corrected chi connectivity index (χ3v) is 6.61. The maximum absolute atomic E-state index is 13.8. The molecule has 0 aliphatic rings. The van der Waals surface area contributed by atoms with Crippen LogP contribution in [0.4, 0.5) is 0 Å². The van der Waals surface area contributed by atoms with Crippen LogP contribution >= 0.6 is 15.9 Å². The van der Waals surface area contributed by atoms with E-state index in [1.54, 1.807) is 4.90 Å². The topological polar surface area (TPSA) is 49.4 Å². The van der Waals surface area contributed by atoms with E-state index in [1.165, 1.54) is 0 Å². The SMILES string of the molecule is CC[C@@H](C)NC(=O)[C@H](Cc1ccccc1)N(Cc1cccc(Br)c1)C(=O)Cc1ccccc1C. The third-order valence-electron chi connectivity index (χ3n) is 6.12. The zero-order chi connectivity index (χ0) is 24.5. The van der Waals surface area contributed by atoms with Crippen molar-refractivity contribution in [3.63, 3.8) is 0 Å². The molecule has 2 amide bonds. The molecule has 0 aliphatic heterocycles. The van der Waals surface area contributed by atoms with E-state index in [0.29, 0.717) is 13.0 Å². The molecule has 178 valence electrons. The van der Waals surface area contributed by atoms with Crippen LogP contribution in [0, 0.1) is 6.92 Å². The van der Waals surface area contributed by atoms with Gasteiger partial charge >= 0.3 is 0 Å². The molecule has 0 saturated heterocycles. The van der Waals surface area contributed by atoms with E-state index in [2.05, 4.69) is 21.2 Å². The highest BCUT2D eigenvalue weighted by molar-refractivity contribution is 9.10. The standard InChI is InChI=1S/C29H33BrN2O2/c1-4-22(3)31-29(34)27(18-23-12-6-5-7-13-23)32(20-24-14-10-16-26(30)17-24)28(33)19-25-15-9-8-11-21(25)2/h5-17,22,27H,4,18-20H2,1-3H3,(H,31,34)/t22-,27+/m1/s1. The number of rotatable bonds is 10. The second kappa shape index (κ2) is 12.5. The number of carbonyl (C=O) groups excluding carboxylic acids is 2. The molecule has 0 unspecified atom stereocenters. The van der Waals surface area contributed by atoms with Crippen LogP contribution in [0.25, 0.3) is 0 Å². The zero-order valence-electron chi connectivity index (χ0n) is 20.1. The maximum Gasteiger partial charge on any atom is 0.243 e. The lowest BCUT2D eigenvalue weighted by atomic mass is 10.00. The van der Waals surface area contributed by atoms with Crippen molar-refractivity contribution in [2.24, 2.45) is 0 Å². The lowest BCUT2D eigenvalue weighted by molar-refractivity contribution is -0.141. The fourth-order valence-electron chi connectivity index (χ4n) is 3.90. The third kappa shape index (κ3) is 7.29. The van der Waals surface area contributed by atoms with E-state index in [1.807, 2.05) is 99.6 Å². The molecule has 0 radical (unpaired) electrons. The number of hydrogen-bond acceptors (Lipinski definition) is 2. The smallest absolute Gasteiger partial charge is 0.243 e. The van der Waals surface area contributed by atoms with Crippen LogP contribution in [0.3, 0.4) is 0 Å². The Morgan fingerprint density at radius 3 is 2.29 bits per heavy atom. The summed E-state index contributed by atoms with van der Waals surface area (Å²) in [4.78, 5) is 29.1. The molecule has 0 saturated carbocycles. The lowest BCUT2D eigenvalue weighted by Crippen LogP contribution is -2.52. The molecule has 34 heavy (non-hydrogen) atoms. The van der Waals surface area contributed by atoms with Gasteiger partial charge in [-0.15, -0.1) is 0 Å². The highest BCUT2D eigenvalue weighted by Gasteiger charge is 2.31. The summed E-state index contributed by atoms with van der Waals surface area (Å²) in [5.41, 5.74) is 4.05.